The second-order valence-corrected chi connectivity index (χ2v) is 5.87. The summed E-state index contributed by atoms with van der Waals surface area (Å²) in [5.74, 6) is 0.909. The Hall–Kier alpha value is -0.320. The van der Waals surface area contributed by atoms with Crippen molar-refractivity contribution in [3.63, 3.8) is 0 Å². The molecular weight excluding hydrogens is 346 g/mol. The van der Waals surface area contributed by atoms with Crippen molar-refractivity contribution in [2.75, 3.05) is 7.11 Å². The first-order valence-electron chi connectivity index (χ1n) is 5.61. The summed E-state index contributed by atoms with van der Waals surface area (Å²) in [6.07, 6.45) is 6.70. The van der Waals surface area contributed by atoms with Gasteiger partial charge in [0.05, 0.1) is 11.6 Å². The molecule has 1 aromatic carbocycles. The average molecular weight is 361 g/mol. The number of benzene rings is 1. The van der Waals surface area contributed by atoms with Crippen LogP contribution in [0.25, 0.3) is 0 Å². The highest BCUT2D eigenvalue weighted by atomic mass is 79.9. The first-order valence-corrected chi connectivity index (χ1v) is 7.19. The molecule has 0 aliphatic heterocycles. The predicted octanol–water partition coefficient (Wildman–Crippen LogP) is 4.03. The van der Waals surface area contributed by atoms with Gasteiger partial charge in [0.25, 0.3) is 0 Å². The minimum absolute atomic E-state index is 0.567. The van der Waals surface area contributed by atoms with Crippen molar-refractivity contribution >= 4 is 31.9 Å². The van der Waals surface area contributed by atoms with E-state index in [9.17, 15) is 0 Å². The third-order valence-electron chi connectivity index (χ3n) is 2.88. The molecule has 4 heteroatoms. The van der Waals surface area contributed by atoms with Crippen molar-refractivity contribution in [3.05, 3.63) is 38.8 Å². The summed E-state index contributed by atoms with van der Waals surface area (Å²) >= 11 is 7.02. The second kappa shape index (κ2) is 6.03. The zero-order valence-electron chi connectivity index (χ0n) is 9.67. The topological polar surface area (TPSA) is 21.3 Å². The third-order valence-corrected chi connectivity index (χ3v) is 3.93. The van der Waals surface area contributed by atoms with Gasteiger partial charge in [-0.15, -0.1) is 0 Å². The van der Waals surface area contributed by atoms with E-state index in [2.05, 4.69) is 55.4 Å². The van der Waals surface area contributed by atoms with E-state index in [1.54, 1.807) is 7.11 Å². The van der Waals surface area contributed by atoms with Crippen molar-refractivity contribution in [2.24, 2.45) is 0 Å². The number of hydrogen-bond acceptors (Lipinski definition) is 2. The second-order valence-electron chi connectivity index (χ2n) is 4.10. The minimum Gasteiger partial charge on any atom is -0.495 e. The zero-order valence-corrected chi connectivity index (χ0v) is 12.8. The smallest absolute Gasteiger partial charge is 0.137 e. The lowest BCUT2D eigenvalue weighted by molar-refractivity contribution is 0.402. The molecule has 1 aliphatic carbocycles. The van der Waals surface area contributed by atoms with Crippen molar-refractivity contribution in [2.45, 2.75) is 25.4 Å². The van der Waals surface area contributed by atoms with Gasteiger partial charge in [-0.1, -0.05) is 28.1 Å². The minimum atomic E-state index is 0.567. The molecule has 2 nitrogen and oxygen atoms in total. The molecule has 17 heavy (non-hydrogen) atoms. The lowest BCUT2D eigenvalue weighted by Gasteiger charge is -2.15. The van der Waals surface area contributed by atoms with E-state index >= 15 is 0 Å². The number of methoxy groups -OCH3 is 1. The summed E-state index contributed by atoms with van der Waals surface area (Å²) in [7, 11) is 1.70. The van der Waals surface area contributed by atoms with E-state index < -0.39 is 0 Å². The van der Waals surface area contributed by atoms with E-state index in [4.69, 9.17) is 4.74 Å². The maximum Gasteiger partial charge on any atom is 0.137 e. The van der Waals surface area contributed by atoms with Gasteiger partial charge >= 0.3 is 0 Å². The molecule has 1 aliphatic rings. The molecule has 0 radical (unpaired) electrons. The third kappa shape index (κ3) is 3.33. The highest BCUT2D eigenvalue weighted by Gasteiger charge is 2.13. The standard InChI is InChI=1S/C13H15Br2NO/c1-17-13-9(6-10(14)7-12(13)15)8-16-11-4-2-3-5-11/h2-3,6-7,11,16H,4-5,8H2,1H3. The molecule has 92 valence electrons. The maximum absolute atomic E-state index is 5.42. The van der Waals surface area contributed by atoms with Crippen LogP contribution < -0.4 is 10.1 Å². The van der Waals surface area contributed by atoms with Crippen LogP contribution in [0, 0.1) is 0 Å². The fourth-order valence-corrected chi connectivity index (χ4v) is 3.49. The first kappa shape index (κ1) is 13.1. The van der Waals surface area contributed by atoms with Gasteiger partial charge < -0.3 is 10.1 Å². The van der Waals surface area contributed by atoms with Crippen LogP contribution in [0.5, 0.6) is 5.75 Å². The summed E-state index contributed by atoms with van der Waals surface area (Å²) in [5.41, 5.74) is 1.17. The molecule has 2 rings (SSSR count). The quantitative estimate of drug-likeness (QED) is 0.818. The Labute approximate surface area is 119 Å². The van der Waals surface area contributed by atoms with E-state index in [-0.39, 0.29) is 0 Å². The summed E-state index contributed by atoms with van der Waals surface area (Å²) in [4.78, 5) is 0. The number of nitrogens with one attached hydrogen (secondary N) is 1. The predicted molar refractivity (Wildman–Crippen MR) is 77.4 cm³/mol. The molecule has 0 amide bonds. The van der Waals surface area contributed by atoms with E-state index in [0.717, 1.165) is 34.1 Å². The molecule has 0 saturated heterocycles. The van der Waals surface area contributed by atoms with E-state index in [1.165, 1.54) is 5.56 Å². The molecule has 0 unspecified atom stereocenters. The van der Waals surface area contributed by atoms with Crippen LogP contribution in [-0.2, 0) is 6.54 Å². The number of halogens is 2. The summed E-state index contributed by atoms with van der Waals surface area (Å²) < 4.78 is 7.47. The molecule has 0 heterocycles. The zero-order chi connectivity index (χ0) is 12.3. The first-order chi connectivity index (χ1) is 8.20. The van der Waals surface area contributed by atoms with Gasteiger partial charge in [0.1, 0.15) is 5.75 Å². The monoisotopic (exact) mass is 359 g/mol. The molecule has 0 atom stereocenters. The van der Waals surface area contributed by atoms with Crippen LogP contribution in [0.2, 0.25) is 0 Å². The normalized spacial score (nSPS) is 15.5. The van der Waals surface area contributed by atoms with Crippen molar-refractivity contribution in [1.82, 2.24) is 5.32 Å². The summed E-state index contributed by atoms with van der Waals surface area (Å²) in [6.45, 7) is 0.827. The van der Waals surface area contributed by atoms with Crippen LogP contribution in [0.15, 0.2) is 33.2 Å². The SMILES string of the molecule is COc1c(Br)cc(Br)cc1CNC1CC=CC1. The van der Waals surface area contributed by atoms with Crippen LogP contribution >= 0.6 is 31.9 Å². The number of ether oxygens (including phenoxy) is 1. The van der Waals surface area contributed by atoms with Gasteiger partial charge in [-0.25, -0.2) is 0 Å². The number of hydrogen-bond donors (Lipinski definition) is 1. The molecule has 0 aromatic heterocycles. The summed E-state index contributed by atoms with van der Waals surface area (Å²) in [5, 5.41) is 3.54. The molecule has 1 aromatic rings. The van der Waals surface area contributed by atoms with Gasteiger partial charge in [0.15, 0.2) is 0 Å². The van der Waals surface area contributed by atoms with Crippen LogP contribution in [-0.4, -0.2) is 13.2 Å². The van der Waals surface area contributed by atoms with Crippen molar-refractivity contribution in [3.8, 4) is 5.75 Å². The Morgan fingerprint density at radius 3 is 2.65 bits per heavy atom. The molecular formula is C13H15Br2NO. The highest BCUT2D eigenvalue weighted by Crippen LogP contribution is 2.32. The summed E-state index contributed by atoms with van der Waals surface area (Å²) in [6, 6.07) is 4.66. The lowest BCUT2D eigenvalue weighted by Crippen LogP contribution is -2.25. The molecule has 0 fully saturated rings. The molecule has 0 bridgehead atoms. The highest BCUT2D eigenvalue weighted by molar-refractivity contribution is 9.11. The Bertz CT molecular complexity index is 424. The Balaban J connectivity index is 2.08. The fraction of sp³-hybridized carbons (Fsp3) is 0.385. The maximum atomic E-state index is 5.42. The van der Waals surface area contributed by atoms with E-state index in [1.807, 2.05) is 6.07 Å². The Kier molecular flexibility index (Phi) is 4.65. The van der Waals surface area contributed by atoms with Crippen molar-refractivity contribution in [1.29, 1.82) is 0 Å². The van der Waals surface area contributed by atoms with Crippen LogP contribution in [0.4, 0.5) is 0 Å². The number of rotatable bonds is 4. The lowest BCUT2D eigenvalue weighted by atomic mass is 10.1. The largest absolute Gasteiger partial charge is 0.495 e. The van der Waals surface area contributed by atoms with Gasteiger partial charge in [-0.2, -0.15) is 0 Å². The van der Waals surface area contributed by atoms with Gasteiger partial charge in [0, 0.05) is 22.6 Å². The average Bonchev–Trinajstić information content (AvgIpc) is 2.78. The van der Waals surface area contributed by atoms with Gasteiger partial charge in [0.2, 0.25) is 0 Å². The van der Waals surface area contributed by atoms with Gasteiger partial charge in [-0.3, -0.25) is 0 Å². The van der Waals surface area contributed by atoms with Gasteiger partial charge in [-0.05, 0) is 40.9 Å². The Morgan fingerprint density at radius 1 is 1.29 bits per heavy atom. The fourth-order valence-electron chi connectivity index (χ4n) is 2.01. The van der Waals surface area contributed by atoms with Crippen molar-refractivity contribution < 1.29 is 4.74 Å². The van der Waals surface area contributed by atoms with Crippen LogP contribution in [0.3, 0.4) is 0 Å². The van der Waals surface area contributed by atoms with Crippen LogP contribution in [0.1, 0.15) is 18.4 Å². The molecule has 0 saturated carbocycles. The molecule has 0 spiro atoms. The van der Waals surface area contributed by atoms with E-state index in [0.29, 0.717) is 6.04 Å². The molecule has 1 N–H and O–H groups in total. The Morgan fingerprint density at radius 2 is 2.00 bits per heavy atom.